The Bertz CT molecular complexity index is 306. The van der Waals surface area contributed by atoms with E-state index in [1.807, 2.05) is 0 Å². The van der Waals surface area contributed by atoms with Crippen LogP contribution in [-0.2, 0) is 4.79 Å². The highest BCUT2D eigenvalue weighted by Crippen LogP contribution is 2.49. The molecule has 2 rings (SSSR count). The molecule has 2 aliphatic carbocycles. The van der Waals surface area contributed by atoms with Gasteiger partial charge in [0.15, 0.2) is 0 Å². The van der Waals surface area contributed by atoms with Gasteiger partial charge in [0.2, 0.25) is 5.91 Å². The fourth-order valence-electron chi connectivity index (χ4n) is 3.96. The Morgan fingerprint density at radius 2 is 2.00 bits per heavy atom. The zero-order valence-corrected chi connectivity index (χ0v) is 13.1. The molecule has 110 valence electrons. The number of alkyl halides is 1. The molecule has 0 aromatic carbocycles. The smallest absolute Gasteiger partial charge is 0.220 e. The van der Waals surface area contributed by atoms with Crippen molar-refractivity contribution in [2.24, 2.45) is 23.2 Å². The van der Waals surface area contributed by atoms with Gasteiger partial charge in [-0.15, -0.1) is 11.6 Å². The Labute approximate surface area is 122 Å². The van der Waals surface area contributed by atoms with E-state index in [2.05, 4.69) is 19.2 Å². The molecule has 2 saturated carbocycles. The monoisotopic (exact) mass is 285 g/mol. The van der Waals surface area contributed by atoms with Crippen LogP contribution in [0.3, 0.4) is 0 Å². The summed E-state index contributed by atoms with van der Waals surface area (Å²) in [4.78, 5) is 12.1. The fourth-order valence-corrected chi connectivity index (χ4v) is 4.43. The van der Waals surface area contributed by atoms with Gasteiger partial charge in [0.1, 0.15) is 0 Å². The van der Waals surface area contributed by atoms with E-state index in [4.69, 9.17) is 11.6 Å². The molecule has 0 heterocycles. The summed E-state index contributed by atoms with van der Waals surface area (Å²) in [5, 5.41) is 3.14. The SMILES string of the molecule is CCC(CC)(CCl)CNC(=O)CC1CC2CCC1C2. The highest BCUT2D eigenvalue weighted by molar-refractivity contribution is 6.18. The van der Waals surface area contributed by atoms with Crippen molar-refractivity contribution in [1.29, 1.82) is 0 Å². The molecule has 2 nitrogen and oxygen atoms in total. The second kappa shape index (κ2) is 6.47. The molecule has 0 spiro atoms. The normalized spacial score (nSPS) is 29.7. The van der Waals surface area contributed by atoms with Crippen LogP contribution in [-0.4, -0.2) is 18.3 Å². The third-order valence-electron chi connectivity index (χ3n) is 5.78. The van der Waals surface area contributed by atoms with E-state index >= 15 is 0 Å². The molecule has 0 radical (unpaired) electrons. The molecule has 1 amide bonds. The number of fused-ring (bicyclic) bond motifs is 2. The summed E-state index contributed by atoms with van der Waals surface area (Å²) in [7, 11) is 0. The number of hydrogen-bond acceptors (Lipinski definition) is 1. The van der Waals surface area contributed by atoms with Crippen molar-refractivity contribution in [2.45, 2.75) is 58.8 Å². The van der Waals surface area contributed by atoms with Crippen LogP contribution in [0.1, 0.15) is 58.8 Å². The molecular formula is C16H28ClNO. The van der Waals surface area contributed by atoms with E-state index < -0.39 is 0 Å². The van der Waals surface area contributed by atoms with Crippen LogP contribution in [0.15, 0.2) is 0 Å². The van der Waals surface area contributed by atoms with Gasteiger partial charge >= 0.3 is 0 Å². The summed E-state index contributed by atoms with van der Waals surface area (Å²) in [6, 6.07) is 0. The number of halogens is 1. The third kappa shape index (κ3) is 3.45. The van der Waals surface area contributed by atoms with E-state index in [0.29, 0.717) is 11.8 Å². The Kier molecular flexibility index (Phi) is 5.16. The third-order valence-corrected chi connectivity index (χ3v) is 6.34. The molecular weight excluding hydrogens is 258 g/mol. The summed E-state index contributed by atoms with van der Waals surface area (Å²) >= 11 is 6.08. The zero-order chi connectivity index (χ0) is 13.9. The lowest BCUT2D eigenvalue weighted by atomic mass is 9.83. The van der Waals surface area contributed by atoms with E-state index in [-0.39, 0.29) is 11.3 Å². The van der Waals surface area contributed by atoms with Crippen LogP contribution in [0.2, 0.25) is 0 Å². The molecule has 3 atom stereocenters. The first-order valence-electron chi connectivity index (χ1n) is 7.95. The maximum Gasteiger partial charge on any atom is 0.220 e. The van der Waals surface area contributed by atoms with Crippen LogP contribution in [0.5, 0.6) is 0 Å². The predicted octanol–water partition coefficient (Wildman–Crippen LogP) is 3.97. The van der Waals surface area contributed by atoms with Crippen LogP contribution in [0, 0.1) is 23.2 Å². The molecule has 3 heteroatoms. The minimum Gasteiger partial charge on any atom is -0.355 e. The van der Waals surface area contributed by atoms with Gasteiger partial charge < -0.3 is 5.32 Å². The van der Waals surface area contributed by atoms with Gasteiger partial charge in [0.05, 0.1) is 0 Å². The minimum absolute atomic E-state index is 0.0892. The van der Waals surface area contributed by atoms with Crippen molar-refractivity contribution < 1.29 is 4.79 Å². The van der Waals surface area contributed by atoms with Gasteiger partial charge in [-0.05, 0) is 49.9 Å². The Hall–Kier alpha value is -0.240. The van der Waals surface area contributed by atoms with E-state index in [1.165, 1.54) is 25.7 Å². The number of carbonyl (C=O) groups is 1. The lowest BCUT2D eigenvalue weighted by molar-refractivity contribution is -0.122. The first-order chi connectivity index (χ1) is 9.12. The maximum absolute atomic E-state index is 12.1. The van der Waals surface area contributed by atoms with Crippen molar-refractivity contribution >= 4 is 17.5 Å². The van der Waals surface area contributed by atoms with Gasteiger partial charge in [-0.1, -0.05) is 20.3 Å². The maximum atomic E-state index is 12.1. The van der Waals surface area contributed by atoms with Crippen molar-refractivity contribution in [3.8, 4) is 0 Å². The predicted molar refractivity (Wildman–Crippen MR) is 80.3 cm³/mol. The van der Waals surface area contributed by atoms with Crippen LogP contribution in [0.4, 0.5) is 0 Å². The van der Waals surface area contributed by atoms with E-state index in [1.54, 1.807) is 0 Å². The van der Waals surface area contributed by atoms with Gasteiger partial charge in [0.25, 0.3) is 0 Å². The summed E-state index contributed by atoms with van der Waals surface area (Å²) < 4.78 is 0. The Morgan fingerprint density at radius 3 is 2.47 bits per heavy atom. The van der Waals surface area contributed by atoms with E-state index in [9.17, 15) is 4.79 Å². The van der Waals surface area contributed by atoms with Gasteiger partial charge in [0, 0.05) is 24.3 Å². The standard InChI is InChI=1S/C16H28ClNO/c1-3-16(4-2,10-17)11-18-15(19)9-14-8-12-5-6-13(14)7-12/h12-14H,3-11H2,1-2H3,(H,18,19). The number of rotatable bonds is 7. The van der Waals surface area contributed by atoms with Crippen molar-refractivity contribution in [1.82, 2.24) is 5.32 Å². The summed E-state index contributed by atoms with van der Waals surface area (Å²) in [6.07, 6.45) is 8.24. The molecule has 3 unspecified atom stereocenters. The molecule has 2 aliphatic rings. The highest BCUT2D eigenvalue weighted by Gasteiger charge is 2.40. The van der Waals surface area contributed by atoms with Gasteiger partial charge in [-0.2, -0.15) is 0 Å². The summed E-state index contributed by atoms with van der Waals surface area (Å²) in [5.41, 5.74) is 0.0892. The number of hydrogen-bond donors (Lipinski definition) is 1. The highest BCUT2D eigenvalue weighted by atomic mass is 35.5. The average Bonchev–Trinajstić information content (AvgIpc) is 3.03. The number of amides is 1. The molecule has 1 N–H and O–H groups in total. The quantitative estimate of drug-likeness (QED) is 0.705. The molecule has 2 bridgehead atoms. The summed E-state index contributed by atoms with van der Waals surface area (Å²) in [5.74, 6) is 3.30. The second-order valence-corrected chi connectivity index (χ2v) is 7.02. The lowest BCUT2D eigenvalue weighted by Gasteiger charge is -2.30. The molecule has 2 fully saturated rings. The molecule has 0 aliphatic heterocycles. The van der Waals surface area contributed by atoms with E-state index in [0.717, 1.165) is 37.6 Å². The van der Waals surface area contributed by atoms with Crippen LogP contribution < -0.4 is 5.32 Å². The Morgan fingerprint density at radius 1 is 1.26 bits per heavy atom. The first-order valence-corrected chi connectivity index (χ1v) is 8.48. The molecule has 19 heavy (non-hydrogen) atoms. The van der Waals surface area contributed by atoms with Gasteiger partial charge in [-0.3, -0.25) is 4.79 Å². The topological polar surface area (TPSA) is 29.1 Å². The van der Waals surface area contributed by atoms with Crippen molar-refractivity contribution in [3.05, 3.63) is 0 Å². The largest absolute Gasteiger partial charge is 0.355 e. The van der Waals surface area contributed by atoms with Crippen LogP contribution >= 0.6 is 11.6 Å². The molecule has 0 aromatic heterocycles. The zero-order valence-electron chi connectivity index (χ0n) is 12.4. The number of carbonyl (C=O) groups excluding carboxylic acids is 1. The van der Waals surface area contributed by atoms with Crippen molar-refractivity contribution in [2.75, 3.05) is 12.4 Å². The van der Waals surface area contributed by atoms with Crippen LogP contribution in [0.25, 0.3) is 0 Å². The summed E-state index contributed by atoms with van der Waals surface area (Å²) in [6.45, 7) is 5.06. The minimum atomic E-state index is 0.0892. The lowest BCUT2D eigenvalue weighted by Crippen LogP contribution is -2.39. The molecule has 0 saturated heterocycles. The Balaban J connectivity index is 1.75. The first kappa shape index (κ1) is 15.2. The van der Waals surface area contributed by atoms with Gasteiger partial charge in [-0.25, -0.2) is 0 Å². The molecule has 0 aromatic rings. The number of nitrogens with one attached hydrogen (secondary N) is 1. The van der Waals surface area contributed by atoms with Crippen molar-refractivity contribution in [3.63, 3.8) is 0 Å². The second-order valence-electron chi connectivity index (χ2n) is 6.76. The fraction of sp³-hybridized carbons (Fsp3) is 0.938. The average molecular weight is 286 g/mol.